The molecule has 1 aromatic rings. The largest absolute Gasteiger partial charge is 0.416 e. The number of morpholine rings is 1. The molecule has 4 fully saturated rings. The smallest absolute Gasteiger partial charge is 0.369 e. The lowest BCUT2D eigenvalue weighted by Gasteiger charge is -2.46. The number of halogens is 4. The van der Waals surface area contributed by atoms with Crippen LogP contribution >= 0.6 is 8.07 Å². The summed E-state index contributed by atoms with van der Waals surface area (Å²) in [6.07, 6.45) is -2.75. The van der Waals surface area contributed by atoms with Crippen LogP contribution in [0.4, 0.5) is 22.4 Å². The van der Waals surface area contributed by atoms with Crippen molar-refractivity contribution in [3.63, 3.8) is 0 Å². The Labute approximate surface area is 200 Å². The summed E-state index contributed by atoms with van der Waals surface area (Å²) < 4.78 is 71.6. The van der Waals surface area contributed by atoms with Crippen molar-refractivity contribution >= 4 is 20.0 Å². The molecule has 0 aromatic heterocycles. The van der Waals surface area contributed by atoms with E-state index in [1.54, 1.807) is 4.90 Å². The molecule has 4 aliphatic rings. The first-order valence-electron chi connectivity index (χ1n) is 11.6. The van der Waals surface area contributed by atoms with Gasteiger partial charge in [0.25, 0.3) is 0 Å². The Bertz CT molecular complexity index is 969. The van der Waals surface area contributed by atoms with Gasteiger partial charge < -0.3 is 24.4 Å². The zero-order valence-corrected chi connectivity index (χ0v) is 19.9. The van der Waals surface area contributed by atoms with Crippen LogP contribution in [-0.4, -0.2) is 84.6 Å². The van der Waals surface area contributed by atoms with Crippen LogP contribution in [0.15, 0.2) is 18.2 Å². The standard InChI is InChI=1S/C22H26F4N3O5P/c23-17-5-14(22(24,25)26)2-1-13(17)8-33-16-6-15-9-32-12-35(11-16)29(15)21(31)28-4-3-19-18(7-28)27-20(30)10-34-19/h1-2,5,15-16,18-19H,3-4,6-12H2,(H,27,30)/p+1/t15?,16?,18-,19+,35?/m1/s1. The van der Waals surface area contributed by atoms with E-state index in [2.05, 4.69) is 5.32 Å². The van der Waals surface area contributed by atoms with Gasteiger partial charge in [-0.25, -0.2) is 9.18 Å². The third-order valence-corrected chi connectivity index (χ3v) is 9.64. The highest BCUT2D eigenvalue weighted by Crippen LogP contribution is 2.51. The van der Waals surface area contributed by atoms with E-state index >= 15 is 0 Å². The van der Waals surface area contributed by atoms with Crippen LogP contribution in [0.3, 0.4) is 0 Å². The Hall–Kier alpha value is -2.01. The summed E-state index contributed by atoms with van der Waals surface area (Å²) in [5, 5.41) is 2.91. The number of carbonyl (C=O) groups excluding carboxylic acids is 2. The van der Waals surface area contributed by atoms with Crippen molar-refractivity contribution in [3.8, 4) is 0 Å². The fraction of sp³-hybridized carbons (Fsp3) is 0.636. The number of hydrogen-bond donors (Lipinski definition) is 1. The van der Waals surface area contributed by atoms with Crippen molar-refractivity contribution in [2.24, 2.45) is 0 Å². The quantitative estimate of drug-likeness (QED) is 0.490. The number of amides is 3. The SMILES string of the molecule is O=C1CO[C@H]2CCN(C(=O)N3C4COC[PH+]3CC(OCc3ccc(C(F)(F)F)cc3F)C4)C[C@H]2N1. The van der Waals surface area contributed by atoms with E-state index in [4.69, 9.17) is 14.2 Å². The molecule has 0 radical (unpaired) electrons. The van der Waals surface area contributed by atoms with Gasteiger partial charge in [-0.05, 0) is 18.6 Å². The van der Waals surface area contributed by atoms with Crippen LogP contribution in [-0.2, 0) is 31.8 Å². The van der Waals surface area contributed by atoms with E-state index in [-0.39, 0.29) is 55.0 Å². The second kappa shape index (κ2) is 9.80. The van der Waals surface area contributed by atoms with Crippen LogP contribution in [0.2, 0.25) is 0 Å². The van der Waals surface area contributed by atoms with Gasteiger partial charge in [-0.15, -0.1) is 0 Å². The van der Waals surface area contributed by atoms with Crippen molar-refractivity contribution in [1.82, 2.24) is 14.9 Å². The highest BCUT2D eigenvalue weighted by molar-refractivity contribution is 7.55. The molecule has 0 aliphatic carbocycles. The summed E-state index contributed by atoms with van der Waals surface area (Å²) in [6, 6.07) is 1.96. The number of carbonyl (C=O) groups is 2. The van der Waals surface area contributed by atoms with Crippen LogP contribution in [0.1, 0.15) is 24.0 Å². The lowest BCUT2D eigenvalue weighted by molar-refractivity contribution is -0.140. The van der Waals surface area contributed by atoms with Gasteiger partial charge in [0.1, 0.15) is 26.7 Å². The molecule has 1 N–H and O–H groups in total. The minimum atomic E-state index is -4.61. The summed E-state index contributed by atoms with van der Waals surface area (Å²) in [7, 11) is -1.43. The normalized spacial score (nSPS) is 31.1. The molecule has 4 aliphatic heterocycles. The number of ether oxygens (including phenoxy) is 3. The lowest BCUT2D eigenvalue weighted by Crippen LogP contribution is -2.63. The van der Waals surface area contributed by atoms with E-state index in [1.165, 1.54) is 0 Å². The average molecular weight is 520 g/mol. The van der Waals surface area contributed by atoms with Crippen molar-refractivity contribution in [2.45, 2.75) is 49.9 Å². The molecule has 3 unspecified atom stereocenters. The second-order valence-corrected chi connectivity index (χ2v) is 11.6. The Kier molecular flexibility index (Phi) is 6.91. The van der Waals surface area contributed by atoms with Gasteiger partial charge in [-0.1, -0.05) is 6.07 Å². The maximum absolute atomic E-state index is 14.2. The average Bonchev–Trinajstić information content (AvgIpc) is 2.81. The zero-order chi connectivity index (χ0) is 24.7. The van der Waals surface area contributed by atoms with Crippen LogP contribution in [0.5, 0.6) is 0 Å². The van der Waals surface area contributed by atoms with Gasteiger partial charge in [0.15, 0.2) is 6.35 Å². The number of rotatable bonds is 3. The molecule has 192 valence electrons. The van der Waals surface area contributed by atoms with Gasteiger partial charge in [-0.3, -0.25) is 4.79 Å². The van der Waals surface area contributed by atoms with E-state index in [0.717, 1.165) is 12.1 Å². The molecule has 2 bridgehead atoms. The summed E-state index contributed by atoms with van der Waals surface area (Å²) in [5.74, 6) is -1.13. The summed E-state index contributed by atoms with van der Waals surface area (Å²) in [5.41, 5.74) is -0.971. The highest BCUT2D eigenvalue weighted by atomic mass is 31.1. The third kappa shape index (κ3) is 5.26. The number of fused-ring (bicyclic) bond motifs is 3. The second-order valence-electron chi connectivity index (χ2n) is 9.32. The maximum atomic E-state index is 14.2. The van der Waals surface area contributed by atoms with E-state index in [0.29, 0.717) is 51.1 Å². The van der Waals surface area contributed by atoms with Crippen LogP contribution in [0, 0.1) is 5.82 Å². The number of likely N-dealkylation sites (tertiary alicyclic amines) is 1. The molecule has 4 heterocycles. The third-order valence-electron chi connectivity index (χ3n) is 6.94. The van der Waals surface area contributed by atoms with Gasteiger partial charge in [-0.2, -0.15) is 17.8 Å². The van der Waals surface area contributed by atoms with Crippen molar-refractivity contribution < 1.29 is 41.4 Å². The Morgan fingerprint density at radius 2 is 2.14 bits per heavy atom. The summed E-state index contributed by atoms with van der Waals surface area (Å²) in [6.45, 7) is 1.21. The zero-order valence-electron chi connectivity index (χ0n) is 18.9. The molecule has 0 spiro atoms. The highest BCUT2D eigenvalue weighted by Gasteiger charge is 2.50. The lowest BCUT2D eigenvalue weighted by atomic mass is 10.0. The first-order chi connectivity index (χ1) is 16.7. The molecular formula is C22H27F4N3O5P+. The number of hydrogen-bond acceptors (Lipinski definition) is 5. The minimum Gasteiger partial charge on any atom is -0.369 e. The van der Waals surface area contributed by atoms with Crippen molar-refractivity contribution in [1.29, 1.82) is 0 Å². The van der Waals surface area contributed by atoms with Gasteiger partial charge in [0, 0.05) is 25.1 Å². The molecular weight excluding hydrogens is 493 g/mol. The number of benzene rings is 1. The predicted octanol–water partition coefficient (Wildman–Crippen LogP) is 2.63. The molecule has 4 saturated heterocycles. The Morgan fingerprint density at radius 1 is 1.31 bits per heavy atom. The van der Waals surface area contributed by atoms with Crippen molar-refractivity contribution in [3.05, 3.63) is 35.1 Å². The molecule has 1 aromatic carbocycles. The van der Waals surface area contributed by atoms with Gasteiger partial charge in [0.05, 0.1) is 43.1 Å². The first-order valence-corrected chi connectivity index (χ1v) is 13.4. The molecule has 8 nitrogen and oxygen atoms in total. The van der Waals surface area contributed by atoms with E-state index < -0.39 is 25.6 Å². The van der Waals surface area contributed by atoms with Crippen LogP contribution in [0.25, 0.3) is 0 Å². The van der Waals surface area contributed by atoms with E-state index in [1.807, 2.05) is 4.67 Å². The van der Waals surface area contributed by atoms with Crippen molar-refractivity contribution in [2.75, 3.05) is 38.8 Å². The molecule has 5 atom stereocenters. The van der Waals surface area contributed by atoms with Gasteiger partial charge in [0.2, 0.25) is 5.91 Å². The molecule has 35 heavy (non-hydrogen) atoms. The topological polar surface area (TPSA) is 80.3 Å². The number of nitrogens with one attached hydrogen (secondary N) is 1. The number of piperidine rings is 1. The Morgan fingerprint density at radius 3 is 2.89 bits per heavy atom. The molecule has 0 saturated carbocycles. The number of urea groups is 1. The fourth-order valence-corrected chi connectivity index (χ4v) is 7.91. The van der Waals surface area contributed by atoms with E-state index in [9.17, 15) is 27.2 Å². The Balaban J connectivity index is 1.20. The summed E-state index contributed by atoms with van der Waals surface area (Å²) in [4.78, 5) is 26.9. The first kappa shape index (κ1) is 24.7. The molecule has 5 rings (SSSR count). The van der Waals surface area contributed by atoms with Gasteiger partial charge >= 0.3 is 12.2 Å². The summed E-state index contributed by atoms with van der Waals surface area (Å²) >= 11 is 0. The fourth-order valence-electron chi connectivity index (χ4n) is 5.19. The molecule has 13 heteroatoms. The monoisotopic (exact) mass is 520 g/mol. The maximum Gasteiger partial charge on any atom is 0.416 e. The minimum absolute atomic E-state index is 0.0472. The van der Waals surface area contributed by atoms with Crippen LogP contribution < -0.4 is 5.32 Å². The number of alkyl halides is 3. The number of nitrogens with zero attached hydrogens (tertiary/aromatic N) is 2. The molecule has 3 amide bonds. The predicted molar refractivity (Wildman–Crippen MR) is 117 cm³/mol.